The van der Waals surface area contributed by atoms with Crippen molar-refractivity contribution in [3.05, 3.63) is 94.0 Å². The summed E-state index contributed by atoms with van der Waals surface area (Å²) in [5.41, 5.74) is 2.85. The van der Waals surface area contributed by atoms with Gasteiger partial charge < -0.3 is 0 Å². The highest BCUT2D eigenvalue weighted by atomic mass is 35.5. The van der Waals surface area contributed by atoms with Gasteiger partial charge in [0.15, 0.2) is 0 Å². The van der Waals surface area contributed by atoms with E-state index in [1.807, 2.05) is 48.5 Å². The van der Waals surface area contributed by atoms with Gasteiger partial charge in [0.25, 0.3) is 23.6 Å². The van der Waals surface area contributed by atoms with Crippen LogP contribution < -0.4 is 10.6 Å². The zero-order valence-corrected chi connectivity index (χ0v) is 16.0. The standard InChI is InChI=1S/C11H8ClNO2.C11H9NO2/c12-9-4-2-1-3-7(9)5-8-6-10(14)13-11(8)15;13-10-7-9(11(14)12-10)6-8-4-2-1-3-5-8/h1-4,6H,5H2,(H,13,14,15);1-5,7H,6H2,(H,12,13,14). The minimum atomic E-state index is -0.359. The molecular weight excluding hydrogens is 392 g/mol. The van der Waals surface area contributed by atoms with Crippen LogP contribution in [0.2, 0.25) is 5.02 Å². The second-order valence-corrected chi connectivity index (χ2v) is 6.81. The highest BCUT2D eigenvalue weighted by molar-refractivity contribution is 6.31. The molecule has 0 bridgehead atoms. The summed E-state index contributed by atoms with van der Waals surface area (Å²) >= 11 is 5.94. The number of carbonyl (C=O) groups is 4. The zero-order valence-electron chi connectivity index (χ0n) is 15.3. The zero-order chi connectivity index (χ0) is 20.8. The Morgan fingerprint density at radius 1 is 0.655 bits per heavy atom. The molecule has 2 aromatic rings. The molecule has 6 nitrogen and oxygen atoms in total. The van der Waals surface area contributed by atoms with Crippen molar-refractivity contribution in [2.45, 2.75) is 12.8 Å². The van der Waals surface area contributed by atoms with Gasteiger partial charge in [-0.1, -0.05) is 60.1 Å². The predicted octanol–water partition coefficient (Wildman–Crippen LogP) is 2.28. The van der Waals surface area contributed by atoms with Crippen LogP contribution >= 0.6 is 11.6 Å². The molecule has 2 heterocycles. The summed E-state index contributed by atoms with van der Waals surface area (Å²) in [4.78, 5) is 44.2. The van der Waals surface area contributed by atoms with Gasteiger partial charge >= 0.3 is 0 Å². The third kappa shape index (κ3) is 5.49. The maximum absolute atomic E-state index is 11.3. The number of imide groups is 2. The molecule has 0 aliphatic carbocycles. The Kier molecular flexibility index (Phi) is 6.36. The van der Waals surface area contributed by atoms with E-state index in [-0.39, 0.29) is 23.6 Å². The number of hydrogen-bond acceptors (Lipinski definition) is 4. The predicted molar refractivity (Wildman–Crippen MR) is 108 cm³/mol. The van der Waals surface area contributed by atoms with Gasteiger partial charge in [-0.2, -0.15) is 0 Å². The number of carbonyl (C=O) groups excluding carboxylic acids is 4. The molecule has 4 amide bonds. The molecule has 2 aromatic carbocycles. The first-order valence-corrected chi connectivity index (χ1v) is 9.19. The topological polar surface area (TPSA) is 92.3 Å². The summed E-state index contributed by atoms with van der Waals surface area (Å²) in [6.45, 7) is 0. The number of benzene rings is 2. The van der Waals surface area contributed by atoms with E-state index in [1.165, 1.54) is 12.2 Å². The molecular formula is C22H17ClN2O4. The fraction of sp³-hybridized carbons (Fsp3) is 0.0909. The fourth-order valence-corrected chi connectivity index (χ4v) is 3.03. The van der Waals surface area contributed by atoms with Crippen LogP contribution in [-0.4, -0.2) is 23.6 Å². The van der Waals surface area contributed by atoms with Gasteiger partial charge in [0.05, 0.1) is 0 Å². The van der Waals surface area contributed by atoms with E-state index < -0.39 is 0 Å². The number of halogens is 1. The summed E-state index contributed by atoms with van der Waals surface area (Å²) in [5.74, 6) is -1.29. The lowest BCUT2D eigenvalue weighted by molar-refractivity contribution is -0.125. The van der Waals surface area contributed by atoms with Crippen LogP contribution in [0.4, 0.5) is 0 Å². The van der Waals surface area contributed by atoms with Gasteiger partial charge in [0.2, 0.25) is 0 Å². The maximum atomic E-state index is 11.3. The summed E-state index contributed by atoms with van der Waals surface area (Å²) in [6, 6.07) is 16.8. The van der Waals surface area contributed by atoms with Crippen molar-refractivity contribution in [2.75, 3.05) is 0 Å². The van der Waals surface area contributed by atoms with Gasteiger partial charge in [0, 0.05) is 41.2 Å². The lowest BCUT2D eigenvalue weighted by Gasteiger charge is -2.02. The molecule has 7 heteroatoms. The number of amides is 4. The lowest BCUT2D eigenvalue weighted by atomic mass is 10.1. The Morgan fingerprint density at radius 3 is 1.69 bits per heavy atom. The molecule has 2 N–H and O–H groups in total. The summed E-state index contributed by atoms with van der Waals surface area (Å²) < 4.78 is 0. The molecule has 0 fully saturated rings. The maximum Gasteiger partial charge on any atom is 0.254 e. The largest absolute Gasteiger partial charge is 0.289 e. The Labute approximate surface area is 172 Å². The minimum Gasteiger partial charge on any atom is -0.289 e. The summed E-state index contributed by atoms with van der Waals surface area (Å²) in [7, 11) is 0. The highest BCUT2D eigenvalue weighted by Crippen LogP contribution is 2.19. The summed E-state index contributed by atoms with van der Waals surface area (Å²) in [5, 5.41) is 5.01. The molecule has 146 valence electrons. The Bertz CT molecular complexity index is 1040. The third-order valence-corrected chi connectivity index (χ3v) is 4.61. The van der Waals surface area contributed by atoms with Gasteiger partial charge in [-0.3, -0.25) is 29.8 Å². The minimum absolute atomic E-state index is 0.279. The Hall–Kier alpha value is -3.51. The second kappa shape index (κ2) is 9.12. The normalized spacial score (nSPS) is 15.2. The molecule has 29 heavy (non-hydrogen) atoms. The van der Waals surface area contributed by atoms with Crippen molar-refractivity contribution in [1.82, 2.24) is 10.6 Å². The average molecular weight is 409 g/mol. The van der Waals surface area contributed by atoms with E-state index >= 15 is 0 Å². The van der Waals surface area contributed by atoms with Crippen molar-refractivity contribution >= 4 is 35.2 Å². The molecule has 0 saturated heterocycles. The highest BCUT2D eigenvalue weighted by Gasteiger charge is 2.21. The van der Waals surface area contributed by atoms with Gasteiger partial charge in [-0.25, -0.2) is 0 Å². The first-order valence-electron chi connectivity index (χ1n) is 8.81. The van der Waals surface area contributed by atoms with Crippen LogP contribution in [0.25, 0.3) is 0 Å². The van der Waals surface area contributed by atoms with Crippen LogP contribution in [0.1, 0.15) is 11.1 Å². The molecule has 0 radical (unpaired) electrons. The third-order valence-electron chi connectivity index (χ3n) is 4.24. The summed E-state index contributed by atoms with van der Waals surface area (Å²) in [6.07, 6.45) is 3.57. The van der Waals surface area contributed by atoms with Crippen molar-refractivity contribution < 1.29 is 19.2 Å². The van der Waals surface area contributed by atoms with E-state index in [9.17, 15) is 19.2 Å². The first-order chi connectivity index (χ1) is 13.9. The molecule has 0 atom stereocenters. The van der Waals surface area contributed by atoms with Crippen molar-refractivity contribution in [1.29, 1.82) is 0 Å². The Morgan fingerprint density at radius 2 is 1.17 bits per heavy atom. The van der Waals surface area contributed by atoms with Gasteiger partial charge in [-0.15, -0.1) is 0 Å². The Balaban J connectivity index is 0.000000166. The average Bonchev–Trinajstić information content (AvgIpc) is 3.18. The molecule has 2 aliphatic heterocycles. The van der Waals surface area contributed by atoms with Crippen molar-refractivity contribution in [3.63, 3.8) is 0 Å². The quantitative estimate of drug-likeness (QED) is 0.759. The lowest BCUT2D eigenvalue weighted by Crippen LogP contribution is -2.22. The van der Waals surface area contributed by atoms with E-state index in [1.54, 1.807) is 6.07 Å². The molecule has 4 rings (SSSR count). The van der Waals surface area contributed by atoms with E-state index in [0.29, 0.717) is 29.0 Å². The van der Waals surface area contributed by atoms with Crippen LogP contribution in [0.5, 0.6) is 0 Å². The molecule has 0 saturated carbocycles. The number of nitrogens with one attached hydrogen (secondary N) is 2. The monoisotopic (exact) mass is 408 g/mol. The SMILES string of the molecule is O=C1C=C(Cc2ccccc2)C(=O)N1.O=C1C=C(Cc2ccccc2Cl)C(=O)N1. The molecule has 2 aliphatic rings. The van der Waals surface area contributed by atoms with E-state index in [2.05, 4.69) is 10.6 Å². The van der Waals surface area contributed by atoms with Crippen molar-refractivity contribution in [3.8, 4) is 0 Å². The van der Waals surface area contributed by atoms with E-state index in [4.69, 9.17) is 11.6 Å². The second-order valence-electron chi connectivity index (χ2n) is 6.41. The molecule has 0 spiro atoms. The van der Waals surface area contributed by atoms with Gasteiger partial charge in [-0.05, 0) is 17.2 Å². The van der Waals surface area contributed by atoms with Crippen LogP contribution in [-0.2, 0) is 32.0 Å². The van der Waals surface area contributed by atoms with Crippen LogP contribution in [0.3, 0.4) is 0 Å². The molecule has 0 aromatic heterocycles. The fourth-order valence-electron chi connectivity index (χ4n) is 2.83. The molecule has 0 unspecified atom stereocenters. The van der Waals surface area contributed by atoms with Crippen LogP contribution in [0.15, 0.2) is 77.9 Å². The number of rotatable bonds is 4. The van der Waals surface area contributed by atoms with Gasteiger partial charge in [0.1, 0.15) is 0 Å². The van der Waals surface area contributed by atoms with Crippen LogP contribution in [0, 0.1) is 0 Å². The van der Waals surface area contributed by atoms with Crippen molar-refractivity contribution in [2.24, 2.45) is 0 Å². The number of hydrogen-bond donors (Lipinski definition) is 2. The smallest absolute Gasteiger partial charge is 0.254 e. The first kappa shape index (κ1) is 20.2. The van der Waals surface area contributed by atoms with E-state index in [0.717, 1.165) is 11.1 Å².